The van der Waals surface area contributed by atoms with Crippen molar-refractivity contribution >= 4 is 34.2 Å². The Kier molecular flexibility index (Phi) is 3.62. The first-order valence-corrected chi connectivity index (χ1v) is 8.31. The van der Waals surface area contributed by atoms with E-state index in [1.165, 1.54) is 11.3 Å². The maximum absolute atomic E-state index is 12.2. The number of carbonyl (C=O) groups is 1. The Morgan fingerprint density at radius 2 is 2.12 bits per heavy atom. The third-order valence-electron chi connectivity index (χ3n) is 3.49. The number of hydrogen-bond donors (Lipinski definition) is 2. The van der Waals surface area contributed by atoms with Crippen LogP contribution in [-0.4, -0.2) is 20.9 Å². The SMILES string of the molecule is Cc1ccc(-c2nc(CC(=O)Nc3nc4ccccc4[nH]3)cs2)o1. The molecule has 0 unspecified atom stereocenters. The molecule has 0 atom stereocenters. The van der Waals surface area contributed by atoms with Gasteiger partial charge in [-0.2, -0.15) is 0 Å². The number of thiazole rings is 1. The van der Waals surface area contributed by atoms with Gasteiger partial charge in [-0.3, -0.25) is 10.1 Å². The molecule has 3 heterocycles. The zero-order valence-electron chi connectivity index (χ0n) is 12.9. The molecule has 0 radical (unpaired) electrons. The van der Waals surface area contributed by atoms with E-state index in [1.54, 1.807) is 0 Å². The van der Waals surface area contributed by atoms with Crippen molar-refractivity contribution in [1.29, 1.82) is 0 Å². The van der Waals surface area contributed by atoms with Crippen LogP contribution in [-0.2, 0) is 11.2 Å². The van der Waals surface area contributed by atoms with Gasteiger partial charge in [0.15, 0.2) is 10.8 Å². The zero-order chi connectivity index (χ0) is 16.5. The zero-order valence-corrected chi connectivity index (χ0v) is 13.7. The van der Waals surface area contributed by atoms with Crippen LogP contribution in [0.5, 0.6) is 0 Å². The molecule has 2 N–H and O–H groups in total. The number of amides is 1. The average Bonchev–Trinajstić information content (AvgIpc) is 3.25. The van der Waals surface area contributed by atoms with Gasteiger partial charge in [0.05, 0.1) is 23.1 Å². The number of furan rings is 1. The maximum Gasteiger partial charge on any atom is 0.232 e. The number of carbonyl (C=O) groups excluding carboxylic acids is 1. The summed E-state index contributed by atoms with van der Waals surface area (Å²) in [5, 5.41) is 5.41. The number of anilines is 1. The Bertz CT molecular complexity index is 981. The van der Waals surface area contributed by atoms with E-state index in [-0.39, 0.29) is 12.3 Å². The molecule has 1 amide bonds. The van der Waals surface area contributed by atoms with Crippen LogP contribution in [0, 0.1) is 6.92 Å². The summed E-state index contributed by atoms with van der Waals surface area (Å²) in [6, 6.07) is 11.4. The quantitative estimate of drug-likeness (QED) is 0.593. The van der Waals surface area contributed by atoms with E-state index < -0.39 is 0 Å². The predicted molar refractivity (Wildman–Crippen MR) is 93.0 cm³/mol. The number of aryl methyl sites for hydroxylation is 1. The number of nitrogens with one attached hydrogen (secondary N) is 2. The van der Waals surface area contributed by atoms with Gasteiger partial charge in [0.2, 0.25) is 11.9 Å². The normalized spacial score (nSPS) is 11.0. The molecular formula is C17H14N4O2S. The summed E-state index contributed by atoms with van der Waals surface area (Å²) >= 11 is 1.46. The fourth-order valence-corrected chi connectivity index (χ4v) is 3.18. The molecule has 0 fully saturated rings. The van der Waals surface area contributed by atoms with Gasteiger partial charge < -0.3 is 9.40 Å². The molecule has 24 heavy (non-hydrogen) atoms. The Balaban J connectivity index is 1.45. The van der Waals surface area contributed by atoms with Gasteiger partial charge in [-0.15, -0.1) is 11.3 Å². The lowest BCUT2D eigenvalue weighted by molar-refractivity contribution is -0.115. The van der Waals surface area contributed by atoms with Crippen LogP contribution >= 0.6 is 11.3 Å². The molecule has 120 valence electrons. The van der Waals surface area contributed by atoms with E-state index in [9.17, 15) is 4.79 Å². The minimum Gasteiger partial charge on any atom is -0.459 e. The lowest BCUT2D eigenvalue weighted by Gasteiger charge is -1.99. The number of H-pyrrole nitrogens is 1. The van der Waals surface area contributed by atoms with Crippen LogP contribution < -0.4 is 5.32 Å². The number of aromatic amines is 1. The van der Waals surface area contributed by atoms with E-state index in [1.807, 2.05) is 48.7 Å². The molecule has 0 spiro atoms. The Morgan fingerprint density at radius 3 is 2.92 bits per heavy atom. The summed E-state index contributed by atoms with van der Waals surface area (Å²) in [6.07, 6.45) is 0.188. The topological polar surface area (TPSA) is 83.8 Å². The lowest BCUT2D eigenvalue weighted by Crippen LogP contribution is -2.15. The lowest BCUT2D eigenvalue weighted by atomic mass is 10.3. The summed E-state index contributed by atoms with van der Waals surface area (Å²) in [6.45, 7) is 1.89. The minimum atomic E-state index is -0.165. The summed E-state index contributed by atoms with van der Waals surface area (Å²) in [7, 11) is 0. The summed E-state index contributed by atoms with van der Waals surface area (Å²) in [5.41, 5.74) is 2.41. The van der Waals surface area contributed by atoms with Crippen molar-refractivity contribution in [2.75, 3.05) is 5.32 Å². The molecule has 7 heteroatoms. The van der Waals surface area contributed by atoms with Crippen molar-refractivity contribution in [2.24, 2.45) is 0 Å². The van der Waals surface area contributed by atoms with Crippen LogP contribution in [0.1, 0.15) is 11.5 Å². The molecule has 0 saturated heterocycles. The molecule has 0 saturated carbocycles. The molecular weight excluding hydrogens is 324 g/mol. The number of nitrogens with zero attached hydrogens (tertiary/aromatic N) is 2. The third kappa shape index (κ3) is 2.93. The second kappa shape index (κ2) is 5.93. The second-order valence-corrected chi connectivity index (χ2v) is 6.24. The third-order valence-corrected chi connectivity index (χ3v) is 4.40. The first-order chi connectivity index (χ1) is 11.7. The highest BCUT2D eigenvalue weighted by atomic mass is 32.1. The van der Waals surface area contributed by atoms with Gasteiger partial charge in [0.1, 0.15) is 5.76 Å². The van der Waals surface area contributed by atoms with Crippen molar-refractivity contribution in [2.45, 2.75) is 13.3 Å². The van der Waals surface area contributed by atoms with E-state index in [4.69, 9.17) is 4.42 Å². The highest BCUT2D eigenvalue weighted by Gasteiger charge is 2.12. The standard InChI is InChI=1S/C17H14N4O2S/c1-10-6-7-14(23-10)16-18-11(9-24-16)8-15(22)21-17-19-12-4-2-3-5-13(12)20-17/h2-7,9H,8H2,1H3,(H2,19,20,21,22). The van der Waals surface area contributed by atoms with Crippen LogP contribution in [0.2, 0.25) is 0 Å². The van der Waals surface area contributed by atoms with Crippen LogP contribution in [0.25, 0.3) is 21.8 Å². The van der Waals surface area contributed by atoms with Crippen LogP contribution in [0.15, 0.2) is 46.2 Å². The summed E-state index contributed by atoms with van der Waals surface area (Å²) < 4.78 is 5.55. The average molecular weight is 338 g/mol. The molecule has 0 aliphatic rings. The highest BCUT2D eigenvalue weighted by Crippen LogP contribution is 2.25. The fraction of sp³-hybridized carbons (Fsp3) is 0.118. The van der Waals surface area contributed by atoms with Gasteiger partial charge in [0, 0.05) is 5.38 Å². The van der Waals surface area contributed by atoms with Crippen molar-refractivity contribution < 1.29 is 9.21 Å². The second-order valence-electron chi connectivity index (χ2n) is 5.38. The van der Waals surface area contributed by atoms with Gasteiger partial charge in [0.25, 0.3) is 0 Å². The Labute approximate surface area is 141 Å². The molecule has 0 aliphatic heterocycles. The number of fused-ring (bicyclic) bond motifs is 1. The number of imidazole rings is 1. The van der Waals surface area contributed by atoms with Gasteiger partial charge in [-0.05, 0) is 31.2 Å². The van der Waals surface area contributed by atoms with Crippen molar-refractivity contribution in [3.63, 3.8) is 0 Å². The largest absolute Gasteiger partial charge is 0.459 e. The van der Waals surface area contributed by atoms with Gasteiger partial charge in [-0.25, -0.2) is 9.97 Å². The minimum absolute atomic E-state index is 0.165. The number of hydrogen-bond acceptors (Lipinski definition) is 5. The van der Waals surface area contributed by atoms with E-state index in [2.05, 4.69) is 20.3 Å². The molecule has 4 rings (SSSR count). The van der Waals surface area contributed by atoms with Crippen LogP contribution in [0.4, 0.5) is 5.95 Å². The van der Waals surface area contributed by atoms with E-state index in [0.29, 0.717) is 11.6 Å². The number of para-hydroxylation sites is 2. The highest BCUT2D eigenvalue weighted by molar-refractivity contribution is 7.13. The van der Waals surface area contributed by atoms with E-state index in [0.717, 1.165) is 27.6 Å². The summed E-state index contributed by atoms with van der Waals surface area (Å²) in [4.78, 5) is 24.0. The Morgan fingerprint density at radius 1 is 1.25 bits per heavy atom. The van der Waals surface area contributed by atoms with Crippen molar-refractivity contribution in [3.05, 3.63) is 53.2 Å². The first-order valence-electron chi connectivity index (χ1n) is 7.43. The van der Waals surface area contributed by atoms with E-state index >= 15 is 0 Å². The molecule has 6 nitrogen and oxygen atoms in total. The van der Waals surface area contributed by atoms with Gasteiger partial charge in [-0.1, -0.05) is 12.1 Å². The molecule has 0 bridgehead atoms. The molecule has 0 aliphatic carbocycles. The molecule has 3 aromatic heterocycles. The Hall–Kier alpha value is -2.93. The molecule has 4 aromatic rings. The predicted octanol–water partition coefficient (Wildman–Crippen LogP) is 3.77. The molecule has 1 aromatic carbocycles. The number of rotatable bonds is 4. The van der Waals surface area contributed by atoms with Gasteiger partial charge >= 0.3 is 0 Å². The summed E-state index contributed by atoms with van der Waals surface area (Å²) in [5.74, 6) is 1.84. The monoisotopic (exact) mass is 338 g/mol. The van der Waals surface area contributed by atoms with Crippen molar-refractivity contribution in [1.82, 2.24) is 15.0 Å². The maximum atomic E-state index is 12.2. The number of benzene rings is 1. The number of aromatic nitrogens is 3. The fourth-order valence-electron chi connectivity index (χ4n) is 2.40. The smallest absolute Gasteiger partial charge is 0.232 e. The first kappa shape index (κ1) is 14.6. The van der Waals surface area contributed by atoms with Crippen molar-refractivity contribution in [3.8, 4) is 10.8 Å². The van der Waals surface area contributed by atoms with Crippen LogP contribution in [0.3, 0.4) is 0 Å².